The summed E-state index contributed by atoms with van der Waals surface area (Å²) in [5.41, 5.74) is 1.69. The molecule has 0 aromatic carbocycles. The van der Waals surface area contributed by atoms with Crippen LogP contribution in [0.4, 0.5) is 4.79 Å². The van der Waals surface area contributed by atoms with Gasteiger partial charge in [0.1, 0.15) is 13.2 Å². The van der Waals surface area contributed by atoms with Gasteiger partial charge in [0.15, 0.2) is 0 Å². The molecule has 0 spiro atoms. The lowest BCUT2D eigenvalue weighted by Gasteiger charge is -2.31. The fourth-order valence-electron chi connectivity index (χ4n) is 2.08. The molecule has 0 atom stereocenters. The quantitative estimate of drug-likeness (QED) is 0.634. The average molecular weight is 308 g/mol. The van der Waals surface area contributed by atoms with Crippen molar-refractivity contribution in [2.45, 2.75) is 25.9 Å². The Morgan fingerprint density at radius 2 is 2.05 bits per heavy atom. The Morgan fingerprint density at radius 1 is 1.33 bits per heavy atom. The summed E-state index contributed by atoms with van der Waals surface area (Å²) in [5, 5.41) is 5.10. The first-order valence-electron chi connectivity index (χ1n) is 6.59. The second-order valence-electron chi connectivity index (χ2n) is 5.57. The first kappa shape index (κ1) is 14.1. The van der Waals surface area contributed by atoms with Crippen LogP contribution in [-0.2, 0) is 9.47 Å². The molecule has 1 saturated heterocycles. The normalized spacial score (nSPS) is 17.6. The third-order valence-corrected chi connectivity index (χ3v) is 4.50. The van der Waals surface area contributed by atoms with Crippen LogP contribution in [0.15, 0.2) is 11.2 Å². The minimum absolute atomic E-state index is 0.228. The van der Waals surface area contributed by atoms with E-state index in [1.54, 1.807) is 4.52 Å². The van der Waals surface area contributed by atoms with Crippen molar-refractivity contribution in [1.82, 2.24) is 19.6 Å². The molecule has 0 amide bonds. The molecule has 2 aromatic rings. The van der Waals surface area contributed by atoms with Crippen molar-refractivity contribution < 1.29 is 14.3 Å². The zero-order chi connectivity index (χ0) is 15.0. The topological polar surface area (TPSA) is 78.6 Å². The van der Waals surface area contributed by atoms with Gasteiger partial charge in [0.05, 0.1) is 0 Å². The van der Waals surface area contributed by atoms with Crippen LogP contribution in [-0.4, -0.2) is 44.7 Å². The van der Waals surface area contributed by atoms with E-state index in [0.717, 1.165) is 11.4 Å². The molecule has 112 valence electrons. The van der Waals surface area contributed by atoms with Crippen LogP contribution < -0.4 is 0 Å². The Kier molecular flexibility index (Phi) is 3.48. The number of aromatic nitrogens is 4. The van der Waals surface area contributed by atoms with E-state index in [9.17, 15) is 4.79 Å². The lowest BCUT2D eigenvalue weighted by Crippen LogP contribution is -2.38. The maximum absolute atomic E-state index is 10.9. The molecule has 8 heteroatoms. The molecule has 3 heterocycles. The molecule has 0 aliphatic carbocycles. The van der Waals surface area contributed by atoms with E-state index in [0.29, 0.717) is 29.9 Å². The highest BCUT2D eigenvalue weighted by Gasteiger charge is 2.33. The molecule has 2 aromatic heterocycles. The highest BCUT2D eigenvalue weighted by atomic mass is 32.2. The van der Waals surface area contributed by atoms with Gasteiger partial charge >= 0.3 is 6.16 Å². The van der Waals surface area contributed by atoms with E-state index in [1.807, 2.05) is 26.8 Å². The van der Waals surface area contributed by atoms with Gasteiger partial charge in [-0.15, -0.1) is 5.10 Å². The summed E-state index contributed by atoms with van der Waals surface area (Å²) in [7, 11) is 0. The molecule has 3 rings (SSSR count). The van der Waals surface area contributed by atoms with Gasteiger partial charge in [0.2, 0.25) is 5.16 Å². The number of fused-ring (bicyclic) bond motifs is 1. The Bertz CT molecular complexity index is 690. The molecule has 0 unspecified atom stereocenters. The molecule has 21 heavy (non-hydrogen) atoms. The standard InChI is InChI=1S/C13H16N4O3S/c1-8-4-9(2)17-10(14-8)15-11(16-17)21-7-13(3)5-19-12(18)20-6-13/h4H,5-7H2,1-3H3. The first-order valence-corrected chi connectivity index (χ1v) is 7.57. The number of ether oxygens (including phenoxy) is 2. The number of hydrogen-bond donors (Lipinski definition) is 0. The van der Waals surface area contributed by atoms with Gasteiger partial charge in [-0.2, -0.15) is 4.98 Å². The fraction of sp³-hybridized carbons (Fsp3) is 0.538. The summed E-state index contributed by atoms with van der Waals surface area (Å²) in [6, 6.07) is 1.96. The number of carbonyl (C=O) groups excluding carboxylic acids is 1. The van der Waals surface area contributed by atoms with Crippen LogP contribution in [0.3, 0.4) is 0 Å². The Morgan fingerprint density at radius 3 is 2.76 bits per heavy atom. The fourth-order valence-corrected chi connectivity index (χ4v) is 3.01. The summed E-state index contributed by atoms with van der Waals surface area (Å²) in [4.78, 5) is 19.7. The van der Waals surface area contributed by atoms with E-state index in [-0.39, 0.29) is 5.41 Å². The number of aryl methyl sites for hydroxylation is 2. The summed E-state index contributed by atoms with van der Waals surface area (Å²) in [6.45, 7) is 6.62. The number of cyclic esters (lactones) is 2. The highest BCUT2D eigenvalue weighted by molar-refractivity contribution is 7.99. The molecule has 0 bridgehead atoms. The average Bonchev–Trinajstić information content (AvgIpc) is 2.84. The van der Waals surface area contributed by atoms with E-state index >= 15 is 0 Å². The van der Waals surface area contributed by atoms with Gasteiger partial charge < -0.3 is 9.47 Å². The summed E-state index contributed by atoms with van der Waals surface area (Å²) < 4.78 is 11.6. The van der Waals surface area contributed by atoms with Crippen LogP contribution >= 0.6 is 11.8 Å². The van der Waals surface area contributed by atoms with Gasteiger partial charge in [-0.1, -0.05) is 18.7 Å². The minimum atomic E-state index is -0.598. The van der Waals surface area contributed by atoms with Gasteiger partial charge in [0.25, 0.3) is 5.78 Å². The van der Waals surface area contributed by atoms with Gasteiger partial charge in [-0.25, -0.2) is 14.3 Å². The van der Waals surface area contributed by atoms with Crippen LogP contribution in [0.25, 0.3) is 5.78 Å². The minimum Gasteiger partial charge on any atom is -0.434 e. The maximum Gasteiger partial charge on any atom is 0.508 e. The van der Waals surface area contributed by atoms with Gasteiger partial charge in [-0.05, 0) is 19.9 Å². The van der Waals surface area contributed by atoms with Crippen molar-refractivity contribution in [2.24, 2.45) is 5.41 Å². The number of thioether (sulfide) groups is 1. The molecular weight excluding hydrogens is 292 g/mol. The van der Waals surface area contributed by atoms with Crippen LogP contribution in [0, 0.1) is 19.3 Å². The Hall–Kier alpha value is -1.83. The van der Waals surface area contributed by atoms with Crippen LogP contribution in [0.5, 0.6) is 0 Å². The van der Waals surface area contributed by atoms with Crippen molar-refractivity contribution in [3.05, 3.63) is 17.5 Å². The number of rotatable bonds is 3. The number of nitrogens with zero attached hydrogens (tertiary/aromatic N) is 4. The third kappa shape index (κ3) is 2.94. The Balaban J connectivity index is 1.73. The predicted molar refractivity (Wildman–Crippen MR) is 76.4 cm³/mol. The van der Waals surface area contributed by atoms with Crippen LogP contribution in [0.2, 0.25) is 0 Å². The third-order valence-electron chi connectivity index (χ3n) is 3.23. The largest absolute Gasteiger partial charge is 0.508 e. The summed E-state index contributed by atoms with van der Waals surface area (Å²) >= 11 is 1.51. The molecule has 1 aliphatic rings. The number of hydrogen-bond acceptors (Lipinski definition) is 7. The van der Waals surface area contributed by atoms with Crippen molar-refractivity contribution in [3.63, 3.8) is 0 Å². The Labute approximate surface area is 126 Å². The molecule has 0 radical (unpaired) electrons. The van der Waals surface area contributed by atoms with Crippen molar-refractivity contribution in [3.8, 4) is 0 Å². The van der Waals surface area contributed by atoms with Crippen molar-refractivity contribution in [1.29, 1.82) is 0 Å². The van der Waals surface area contributed by atoms with Crippen LogP contribution in [0.1, 0.15) is 18.3 Å². The smallest absolute Gasteiger partial charge is 0.434 e. The molecular formula is C13H16N4O3S. The monoisotopic (exact) mass is 308 g/mol. The molecule has 1 fully saturated rings. The SMILES string of the molecule is Cc1cc(C)n2nc(SCC3(C)COC(=O)OC3)nc2n1. The van der Waals surface area contributed by atoms with Gasteiger partial charge in [0, 0.05) is 22.6 Å². The zero-order valence-electron chi connectivity index (χ0n) is 12.1. The predicted octanol–water partition coefficient (Wildman–Crippen LogP) is 2.01. The van der Waals surface area contributed by atoms with E-state index in [1.165, 1.54) is 11.8 Å². The highest BCUT2D eigenvalue weighted by Crippen LogP contribution is 2.29. The maximum atomic E-state index is 10.9. The van der Waals surface area contributed by atoms with Crippen molar-refractivity contribution >= 4 is 23.7 Å². The summed E-state index contributed by atoms with van der Waals surface area (Å²) in [5.74, 6) is 1.31. The van der Waals surface area contributed by atoms with E-state index in [2.05, 4.69) is 15.1 Å². The van der Waals surface area contributed by atoms with Gasteiger partial charge in [-0.3, -0.25) is 0 Å². The lowest BCUT2D eigenvalue weighted by atomic mass is 9.95. The van der Waals surface area contributed by atoms with E-state index < -0.39 is 6.16 Å². The molecule has 7 nitrogen and oxygen atoms in total. The van der Waals surface area contributed by atoms with E-state index in [4.69, 9.17) is 9.47 Å². The zero-order valence-corrected chi connectivity index (χ0v) is 12.9. The first-order chi connectivity index (χ1) is 9.95. The lowest BCUT2D eigenvalue weighted by molar-refractivity contribution is -0.0425. The molecule has 1 aliphatic heterocycles. The molecule has 0 N–H and O–H groups in total. The molecule has 0 saturated carbocycles. The second kappa shape index (κ2) is 5.18. The second-order valence-corrected chi connectivity index (χ2v) is 6.51. The summed E-state index contributed by atoms with van der Waals surface area (Å²) in [6.07, 6.45) is -0.598. The van der Waals surface area contributed by atoms with Crippen molar-refractivity contribution in [2.75, 3.05) is 19.0 Å². The number of carbonyl (C=O) groups is 1.